The Labute approximate surface area is 155 Å². The number of nitrogens with zero attached hydrogens (tertiary/aromatic N) is 5. The fourth-order valence-electron chi connectivity index (χ4n) is 3.85. The van der Waals surface area contributed by atoms with Crippen LogP contribution >= 0.6 is 0 Å². The third-order valence-electron chi connectivity index (χ3n) is 5.34. The van der Waals surface area contributed by atoms with Crippen LogP contribution in [0, 0.1) is 6.57 Å². The number of nitrogens with one attached hydrogen (secondary N) is 1. The monoisotopic (exact) mass is 362 g/mol. The third kappa shape index (κ3) is 2.59. The van der Waals surface area contributed by atoms with Crippen molar-refractivity contribution in [3.63, 3.8) is 0 Å². The lowest BCUT2D eigenvalue weighted by molar-refractivity contribution is 0.0673. The normalized spacial score (nSPS) is 19.6. The highest BCUT2D eigenvalue weighted by atomic mass is 16.5. The molecule has 8 heteroatoms. The highest BCUT2D eigenvalue weighted by Crippen LogP contribution is 2.30. The van der Waals surface area contributed by atoms with E-state index in [9.17, 15) is 4.79 Å². The molecule has 0 bridgehead atoms. The molecule has 0 radical (unpaired) electrons. The maximum Gasteiger partial charge on any atom is 0.266 e. The molecule has 1 atom stereocenters. The SMILES string of the molecule is [C-]#[N+]c1ccc(C2Cn3c(nc4c(cnn4C4CCOCC4)c3=O)N2)cc1. The Morgan fingerprint density at radius 3 is 2.74 bits per heavy atom. The molecule has 1 fully saturated rings. The van der Waals surface area contributed by atoms with Gasteiger partial charge >= 0.3 is 0 Å². The zero-order chi connectivity index (χ0) is 18.4. The first-order chi connectivity index (χ1) is 13.2. The molecule has 2 aliphatic heterocycles. The average Bonchev–Trinajstić information content (AvgIpc) is 3.34. The average molecular weight is 362 g/mol. The van der Waals surface area contributed by atoms with Crippen molar-refractivity contribution in [1.82, 2.24) is 19.3 Å². The van der Waals surface area contributed by atoms with Crippen LogP contribution in [0.3, 0.4) is 0 Å². The van der Waals surface area contributed by atoms with Gasteiger partial charge < -0.3 is 10.1 Å². The molecule has 27 heavy (non-hydrogen) atoms. The van der Waals surface area contributed by atoms with E-state index in [-0.39, 0.29) is 17.6 Å². The Balaban J connectivity index is 1.52. The first-order valence-electron chi connectivity index (χ1n) is 9.04. The maximum absolute atomic E-state index is 13.0. The van der Waals surface area contributed by atoms with Crippen molar-refractivity contribution in [3.05, 3.63) is 57.8 Å². The summed E-state index contributed by atoms with van der Waals surface area (Å²) in [4.78, 5) is 21.1. The van der Waals surface area contributed by atoms with E-state index in [2.05, 4.69) is 15.3 Å². The summed E-state index contributed by atoms with van der Waals surface area (Å²) in [7, 11) is 0. The van der Waals surface area contributed by atoms with Gasteiger partial charge in [-0.2, -0.15) is 10.1 Å². The number of fused-ring (bicyclic) bond motifs is 2. The second-order valence-electron chi connectivity index (χ2n) is 6.92. The predicted octanol–water partition coefficient (Wildman–Crippen LogP) is 2.66. The molecule has 0 amide bonds. The zero-order valence-corrected chi connectivity index (χ0v) is 14.6. The van der Waals surface area contributed by atoms with Gasteiger partial charge in [0, 0.05) is 13.2 Å². The van der Waals surface area contributed by atoms with Crippen molar-refractivity contribution in [2.45, 2.75) is 31.5 Å². The fraction of sp³-hybridized carbons (Fsp3) is 0.368. The molecular weight excluding hydrogens is 344 g/mol. The number of rotatable bonds is 2. The maximum atomic E-state index is 13.0. The zero-order valence-electron chi connectivity index (χ0n) is 14.6. The molecular formula is C19H18N6O2. The van der Waals surface area contributed by atoms with E-state index in [0.717, 1.165) is 18.4 Å². The molecule has 0 aliphatic carbocycles. The fourth-order valence-corrected chi connectivity index (χ4v) is 3.85. The van der Waals surface area contributed by atoms with Gasteiger partial charge in [0.2, 0.25) is 5.95 Å². The lowest BCUT2D eigenvalue weighted by Gasteiger charge is -2.22. The first kappa shape index (κ1) is 16.0. The quantitative estimate of drug-likeness (QED) is 0.709. The topological polar surface area (TPSA) is 78.3 Å². The van der Waals surface area contributed by atoms with Crippen LogP contribution in [-0.2, 0) is 11.3 Å². The summed E-state index contributed by atoms with van der Waals surface area (Å²) < 4.78 is 8.98. The molecule has 0 spiro atoms. The molecule has 1 N–H and O–H groups in total. The van der Waals surface area contributed by atoms with Crippen molar-refractivity contribution >= 4 is 22.7 Å². The molecule has 4 heterocycles. The summed E-state index contributed by atoms with van der Waals surface area (Å²) in [5.74, 6) is 0.570. The van der Waals surface area contributed by atoms with Gasteiger partial charge in [0.1, 0.15) is 5.39 Å². The molecule has 5 rings (SSSR count). The van der Waals surface area contributed by atoms with Crippen molar-refractivity contribution in [2.75, 3.05) is 18.5 Å². The van der Waals surface area contributed by atoms with Crippen LogP contribution in [0.2, 0.25) is 0 Å². The van der Waals surface area contributed by atoms with Crippen LogP contribution in [0.25, 0.3) is 15.9 Å². The van der Waals surface area contributed by atoms with Crippen LogP contribution in [0.15, 0.2) is 35.3 Å². The van der Waals surface area contributed by atoms with Crippen molar-refractivity contribution < 1.29 is 4.74 Å². The number of anilines is 1. The van der Waals surface area contributed by atoms with Crippen LogP contribution < -0.4 is 10.9 Å². The molecule has 2 aliphatic rings. The summed E-state index contributed by atoms with van der Waals surface area (Å²) >= 11 is 0. The lowest BCUT2D eigenvalue weighted by Crippen LogP contribution is -2.22. The minimum atomic E-state index is -0.0684. The molecule has 2 aromatic heterocycles. The van der Waals surface area contributed by atoms with Crippen LogP contribution in [0.5, 0.6) is 0 Å². The molecule has 1 saturated heterocycles. The van der Waals surface area contributed by atoms with Gasteiger partial charge in [-0.05, 0) is 18.4 Å². The smallest absolute Gasteiger partial charge is 0.266 e. The van der Waals surface area contributed by atoms with Gasteiger partial charge in [0.05, 0.1) is 31.4 Å². The molecule has 3 aromatic rings. The summed E-state index contributed by atoms with van der Waals surface area (Å²) in [6.45, 7) is 8.99. The van der Waals surface area contributed by atoms with Gasteiger partial charge in [-0.15, -0.1) is 0 Å². The molecule has 0 saturated carbocycles. The van der Waals surface area contributed by atoms with Gasteiger partial charge in [-0.25, -0.2) is 9.53 Å². The van der Waals surface area contributed by atoms with Gasteiger partial charge in [-0.3, -0.25) is 9.36 Å². The van der Waals surface area contributed by atoms with Crippen LogP contribution in [0.4, 0.5) is 11.6 Å². The summed E-state index contributed by atoms with van der Waals surface area (Å²) in [5.41, 5.74) is 2.20. The minimum absolute atomic E-state index is 0.0408. The van der Waals surface area contributed by atoms with E-state index in [1.807, 2.05) is 16.8 Å². The Bertz CT molecular complexity index is 1100. The number of hydrogen-bond donors (Lipinski definition) is 1. The summed E-state index contributed by atoms with van der Waals surface area (Å²) in [5, 5.41) is 8.35. The predicted molar refractivity (Wildman–Crippen MR) is 99.9 cm³/mol. The Morgan fingerprint density at radius 1 is 1.22 bits per heavy atom. The highest BCUT2D eigenvalue weighted by Gasteiger charge is 2.28. The van der Waals surface area contributed by atoms with E-state index in [1.54, 1.807) is 22.9 Å². The van der Waals surface area contributed by atoms with Crippen LogP contribution in [0.1, 0.15) is 30.5 Å². The number of ether oxygens (including phenoxy) is 1. The Hall–Kier alpha value is -3.18. The largest absolute Gasteiger partial charge is 0.381 e. The second-order valence-corrected chi connectivity index (χ2v) is 6.92. The highest BCUT2D eigenvalue weighted by molar-refractivity contribution is 5.75. The summed E-state index contributed by atoms with van der Waals surface area (Å²) in [6.07, 6.45) is 3.38. The van der Waals surface area contributed by atoms with E-state index in [0.29, 0.717) is 42.4 Å². The first-order valence-corrected chi connectivity index (χ1v) is 9.04. The van der Waals surface area contributed by atoms with E-state index >= 15 is 0 Å². The Morgan fingerprint density at radius 2 is 2.00 bits per heavy atom. The van der Waals surface area contributed by atoms with Crippen molar-refractivity contribution in [2.24, 2.45) is 0 Å². The summed E-state index contributed by atoms with van der Waals surface area (Å²) in [6, 6.07) is 7.60. The standard InChI is InChI=1S/C19H18N6O2/c1-20-13-4-2-12(3-5-13)16-11-24-18(26)15-10-21-25(14-6-8-27-9-7-14)17(15)23-19(24)22-16/h2-5,10,14,16H,6-9,11H2,(H,22,23). The molecule has 1 unspecified atom stereocenters. The van der Waals surface area contributed by atoms with Gasteiger partial charge in [0.25, 0.3) is 5.56 Å². The van der Waals surface area contributed by atoms with Gasteiger partial charge in [0.15, 0.2) is 11.3 Å². The van der Waals surface area contributed by atoms with Gasteiger partial charge in [-0.1, -0.05) is 24.3 Å². The van der Waals surface area contributed by atoms with E-state index < -0.39 is 0 Å². The minimum Gasteiger partial charge on any atom is -0.381 e. The Kier molecular flexibility index (Phi) is 3.69. The molecule has 8 nitrogen and oxygen atoms in total. The third-order valence-corrected chi connectivity index (χ3v) is 5.34. The number of hydrogen-bond acceptors (Lipinski definition) is 5. The van der Waals surface area contributed by atoms with Crippen molar-refractivity contribution in [1.29, 1.82) is 0 Å². The molecule has 136 valence electrons. The number of aromatic nitrogens is 4. The second kappa shape index (κ2) is 6.21. The van der Waals surface area contributed by atoms with E-state index in [4.69, 9.17) is 16.3 Å². The lowest BCUT2D eigenvalue weighted by atomic mass is 10.1. The van der Waals surface area contributed by atoms with E-state index in [1.165, 1.54) is 0 Å². The number of benzene rings is 1. The van der Waals surface area contributed by atoms with Crippen LogP contribution in [-0.4, -0.2) is 32.5 Å². The molecule has 1 aromatic carbocycles. The van der Waals surface area contributed by atoms with Crippen molar-refractivity contribution in [3.8, 4) is 0 Å².